The Morgan fingerprint density at radius 3 is 2.39 bits per heavy atom. The van der Waals surface area contributed by atoms with Crippen molar-refractivity contribution in [3.63, 3.8) is 0 Å². The Morgan fingerprint density at radius 1 is 1.13 bits per heavy atom. The van der Waals surface area contributed by atoms with E-state index >= 15 is 0 Å². The molecule has 0 radical (unpaired) electrons. The highest BCUT2D eigenvalue weighted by Crippen LogP contribution is 2.29. The first-order chi connectivity index (χ1) is 14.1. The number of nitrogens with one attached hydrogen (secondary N) is 3. The molecule has 0 aliphatic carbocycles. The number of guanidine groups is 1. The number of halogens is 3. The number of methoxy groups -OCH3 is 1. The van der Waals surface area contributed by atoms with Crippen molar-refractivity contribution in [2.75, 3.05) is 33.3 Å². The third-order valence-electron chi connectivity index (χ3n) is 3.54. The molecule has 3 N–H and O–H groups in total. The summed E-state index contributed by atoms with van der Waals surface area (Å²) in [5, 5.41) is 8.87. The van der Waals surface area contributed by atoms with Gasteiger partial charge in [0.2, 0.25) is 0 Å². The van der Waals surface area contributed by atoms with Gasteiger partial charge in [0, 0.05) is 26.2 Å². The standard InChI is InChI=1S/C20H32F2N4O4.HI/c1-6-23-18(25-11-12-26-19(27)30-20(2,3)4)24-10-9-14-7-8-15(28-5)16(13-14)29-17(21)22;/h7-8,13,17H,6,9-12H2,1-5H3,(H,26,27)(H2,23,24,25);1H. The van der Waals surface area contributed by atoms with Gasteiger partial charge < -0.3 is 30.2 Å². The zero-order valence-corrected chi connectivity index (χ0v) is 20.9. The predicted octanol–water partition coefficient (Wildman–Crippen LogP) is 3.54. The Morgan fingerprint density at radius 2 is 1.81 bits per heavy atom. The zero-order chi connectivity index (χ0) is 22.6. The third kappa shape index (κ3) is 13.1. The van der Waals surface area contributed by atoms with Gasteiger partial charge in [0.1, 0.15) is 5.60 Å². The van der Waals surface area contributed by atoms with Gasteiger partial charge in [-0.25, -0.2) is 4.79 Å². The summed E-state index contributed by atoms with van der Waals surface area (Å²) in [6.45, 7) is 6.32. The Balaban J connectivity index is 0.00000900. The van der Waals surface area contributed by atoms with Crippen molar-refractivity contribution in [1.29, 1.82) is 0 Å². The van der Waals surface area contributed by atoms with Crippen molar-refractivity contribution in [2.24, 2.45) is 4.99 Å². The highest BCUT2D eigenvalue weighted by molar-refractivity contribution is 14.0. The number of alkyl carbamates (subject to hydrolysis) is 1. The number of alkyl halides is 2. The molecule has 0 saturated heterocycles. The van der Waals surface area contributed by atoms with E-state index in [1.54, 1.807) is 32.9 Å². The van der Waals surface area contributed by atoms with Gasteiger partial charge in [-0.15, -0.1) is 24.0 Å². The van der Waals surface area contributed by atoms with Gasteiger partial charge in [0.15, 0.2) is 17.5 Å². The summed E-state index contributed by atoms with van der Waals surface area (Å²) in [4.78, 5) is 16.1. The number of hydrogen-bond acceptors (Lipinski definition) is 5. The topological polar surface area (TPSA) is 93.2 Å². The van der Waals surface area contributed by atoms with E-state index in [-0.39, 0.29) is 35.5 Å². The molecule has 0 aliphatic rings. The van der Waals surface area contributed by atoms with Crippen molar-refractivity contribution in [2.45, 2.75) is 46.3 Å². The Labute approximate surface area is 199 Å². The van der Waals surface area contributed by atoms with Crippen LogP contribution in [0.25, 0.3) is 0 Å². The van der Waals surface area contributed by atoms with E-state index in [1.807, 2.05) is 6.92 Å². The molecule has 0 aromatic heterocycles. The number of hydrogen-bond donors (Lipinski definition) is 3. The fourth-order valence-corrected chi connectivity index (χ4v) is 2.36. The fourth-order valence-electron chi connectivity index (χ4n) is 2.36. The van der Waals surface area contributed by atoms with Crippen molar-refractivity contribution < 1.29 is 27.8 Å². The highest BCUT2D eigenvalue weighted by atomic mass is 127. The molecule has 0 spiro atoms. The molecule has 0 heterocycles. The van der Waals surface area contributed by atoms with Gasteiger partial charge in [-0.3, -0.25) is 4.99 Å². The minimum atomic E-state index is -2.92. The van der Waals surface area contributed by atoms with Gasteiger partial charge in [-0.2, -0.15) is 8.78 Å². The molecule has 1 rings (SSSR count). The van der Waals surface area contributed by atoms with Crippen LogP contribution in [0.3, 0.4) is 0 Å². The molecule has 0 fully saturated rings. The fraction of sp³-hybridized carbons (Fsp3) is 0.600. The second-order valence-electron chi connectivity index (χ2n) is 7.23. The lowest BCUT2D eigenvalue weighted by Gasteiger charge is -2.19. The molecular formula is C20H33F2IN4O4. The molecule has 0 bridgehead atoms. The number of aliphatic imine (C=N–C) groups is 1. The van der Waals surface area contributed by atoms with E-state index in [0.29, 0.717) is 38.6 Å². The number of rotatable bonds is 10. The molecule has 1 aromatic carbocycles. The van der Waals surface area contributed by atoms with Crippen LogP contribution in [0, 0.1) is 0 Å². The molecule has 1 amide bonds. The van der Waals surface area contributed by atoms with Crippen LogP contribution in [-0.4, -0.2) is 57.6 Å². The lowest BCUT2D eigenvalue weighted by Crippen LogP contribution is -2.42. The average Bonchev–Trinajstić information content (AvgIpc) is 2.63. The number of carbonyl (C=O) groups is 1. The largest absolute Gasteiger partial charge is 0.493 e. The summed E-state index contributed by atoms with van der Waals surface area (Å²) in [5.41, 5.74) is 0.243. The van der Waals surface area contributed by atoms with E-state index < -0.39 is 18.3 Å². The SMILES string of the molecule is CCNC(=NCCc1ccc(OC)c(OC(F)F)c1)NCCNC(=O)OC(C)(C)C.I. The average molecular weight is 558 g/mol. The molecule has 0 aliphatic heterocycles. The number of amides is 1. The van der Waals surface area contributed by atoms with Crippen LogP contribution in [-0.2, 0) is 11.2 Å². The monoisotopic (exact) mass is 558 g/mol. The molecule has 8 nitrogen and oxygen atoms in total. The maximum atomic E-state index is 12.5. The van der Waals surface area contributed by atoms with Gasteiger partial charge in [-0.05, 0) is 51.8 Å². The van der Waals surface area contributed by atoms with Crippen LogP contribution in [0.4, 0.5) is 13.6 Å². The Bertz CT molecular complexity index is 700. The van der Waals surface area contributed by atoms with Crippen molar-refractivity contribution >= 4 is 36.0 Å². The maximum Gasteiger partial charge on any atom is 0.407 e. The van der Waals surface area contributed by atoms with E-state index in [4.69, 9.17) is 9.47 Å². The minimum absolute atomic E-state index is 0. The Kier molecular flexibility index (Phi) is 13.9. The second-order valence-corrected chi connectivity index (χ2v) is 7.23. The Hall–Kier alpha value is -2.05. The van der Waals surface area contributed by atoms with E-state index in [9.17, 15) is 13.6 Å². The maximum absolute atomic E-state index is 12.5. The smallest absolute Gasteiger partial charge is 0.407 e. The highest BCUT2D eigenvalue weighted by Gasteiger charge is 2.15. The molecule has 31 heavy (non-hydrogen) atoms. The van der Waals surface area contributed by atoms with Crippen molar-refractivity contribution in [3.8, 4) is 11.5 Å². The summed E-state index contributed by atoms with van der Waals surface area (Å²) in [6.07, 6.45) is 0.0450. The summed E-state index contributed by atoms with van der Waals surface area (Å²) in [7, 11) is 1.39. The molecule has 1 aromatic rings. The molecule has 0 unspecified atom stereocenters. The predicted molar refractivity (Wildman–Crippen MR) is 127 cm³/mol. The second kappa shape index (κ2) is 14.9. The van der Waals surface area contributed by atoms with Gasteiger partial charge in [0.05, 0.1) is 7.11 Å². The molecule has 0 saturated carbocycles. The number of benzene rings is 1. The number of ether oxygens (including phenoxy) is 3. The molecule has 178 valence electrons. The summed E-state index contributed by atoms with van der Waals surface area (Å²) in [5.74, 6) is 0.823. The first-order valence-electron chi connectivity index (χ1n) is 9.75. The van der Waals surface area contributed by atoms with Crippen molar-refractivity contribution in [1.82, 2.24) is 16.0 Å². The first-order valence-corrected chi connectivity index (χ1v) is 9.75. The van der Waals surface area contributed by atoms with E-state index in [0.717, 1.165) is 5.56 Å². The zero-order valence-electron chi connectivity index (χ0n) is 18.6. The van der Waals surface area contributed by atoms with Crippen LogP contribution in [0.5, 0.6) is 11.5 Å². The van der Waals surface area contributed by atoms with Gasteiger partial charge in [0.25, 0.3) is 0 Å². The molecular weight excluding hydrogens is 525 g/mol. The minimum Gasteiger partial charge on any atom is -0.493 e. The third-order valence-corrected chi connectivity index (χ3v) is 3.54. The van der Waals surface area contributed by atoms with Gasteiger partial charge >= 0.3 is 12.7 Å². The quantitative estimate of drug-likeness (QED) is 0.176. The normalized spacial score (nSPS) is 11.4. The molecule has 11 heteroatoms. The van der Waals surface area contributed by atoms with E-state index in [1.165, 1.54) is 13.2 Å². The first kappa shape index (κ1) is 28.9. The van der Waals surface area contributed by atoms with Crippen LogP contribution < -0.4 is 25.4 Å². The molecule has 0 atom stereocenters. The van der Waals surface area contributed by atoms with Crippen LogP contribution in [0.1, 0.15) is 33.3 Å². The summed E-state index contributed by atoms with van der Waals surface area (Å²) < 4.78 is 39.8. The van der Waals surface area contributed by atoms with Crippen molar-refractivity contribution in [3.05, 3.63) is 23.8 Å². The number of carbonyl (C=O) groups excluding carboxylic acids is 1. The van der Waals surface area contributed by atoms with Crippen LogP contribution >= 0.6 is 24.0 Å². The van der Waals surface area contributed by atoms with Crippen LogP contribution in [0.2, 0.25) is 0 Å². The number of nitrogens with zero attached hydrogens (tertiary/aromatic N) is 1. The summed E-state index contributed by atoms with van der Waals surface area (Å²) in [6, 6.07) is 4.88. The lowest BCUT2D eigenvalue weighted by atomic mass is 10.1. The summed E-state index contributed by atoms with van der Waals surface area (Å²) >= 11 is 0. The van der Waals surface area contributed by atoms with E-state index in [2.05, 4.69) is 25.7 Å². The van der Waals surface area contributed by atoms with Gasteiger partial charge in [-0.1, -0.05) is 6.07 Å². The van der Waals surface area contributed by atoms with Crippen LogP contribution in [0.15, 0.2) is 23.2 Å². The lowest BCUT2D eigenvalue weighted by molar-refractivity contribution is -0.0512.